The number of aromatic nitrogens is 2. The minimum absolute atomic E-state index is 0.0622. The summed E-state index contributed by atoms with van der Waals surface area (Å²) in [6.45, 7) is 2.08. The van der Waals surface area contributed by atoms with Gasteiger partial charge in [0.1, 0.15) is 11.8 Å². The van der Waals surface area contributed by atoms with E-state index < -0.39 is 0 Å². The van der Waals surface area contributed by atoms with Gasteiger partial charge in [0.05, 0.1) is 22.6 Å². The number of rotatable bonds is 7. The standard InChI is InChI=1S/C17H16N4O2S4/c1-2-24-16-18-19-17(27-16)26-10-15(22)21-12(13-5-3-7-23-13)9-11(20-21)14-6-4-8-25-14/h3-8,12H,2,9-10H2,1H3. The lowest BCUT2D eigenvalue weighted by atomic mass is 10.1. The molecule has 10 heteroatoms. The van der Waals surface area contributed by atoms with Crippen molar-refractivity contribution in [1.82, 2.24) is 15.2 Å². The van der Waals surface area contributed by atoms with E-state index in [0.29, 0.717) is 6.42 Å². The fourth-order valence-corrected chi connectivity index (χ4v) is 6.15. The summed E-state index contributed by atoms with van der Waals surface area (Å²) in [5.41, 5.74) is 0.919. The molecule has 0 saturated carbocycles. The van der Waals surface area contributed by atoms with Gasteiger partial charge in [0.25, 0.3) is 5.91 Å². The van der Waals surface area contributed by atoms with Crippen molar-refractivity contribution in [1.29, 1.82) is 0 Å². The van der Waals surface area contributed by atoms with Crippen molar-refractivity contribution in [3.05, 3.63) is 46.5 Å². The molecule has 1 aliphatic heterocycles. The van der Waals surface area contributed by atoms with E-state index in [2.05, 4.69) is 22.2 Å². The van der Waals surface area contributed by atoms with Gasteiger partial charge in [-0.25, -0.2) is 5.01 Å². The average Bonchev–Trinajstić information content (AvgIpc) is 3.47. The third-order valence-electron chi connectivity index (χ3n) is 3.82. The highest BCUT2D eigenvalue weighted by Gasteiger charge is 2.35. The zero-order valence-electron chi connectivity index (χ0n) is 14.4. The molecule has 140 valence electrons. The molecule has 0 saturated heterocycles. The van der Waals surface area contributed by atoms with Crippen LogP contribution in [0.25, 0.3) is 0 Å². The van der Waals surface area contributed by atoms with Crippen LogP contribution in [0, 0.1) is 0 Å². The molecule has 0 spiro atoms. The molecule has 0 radical (unpaired) electrons. The molecule has 0 aliphatic carbocycles. The van der Waals surface area contributed by atoms with Crippen molar-refractivity contribution in [2.75, 3.05) is 11.5 Å². The summed E-state index contributed by atoms with van der Waals surface area (Å²) in [5, 5.41) is 16.5. The van der Waals surface area contributed by atoms with Crippen LogP contribution < -0.4 is 0 Å². The first kappa shape index (κ1) is 18.7. The van der Waals surface area contributed by atoms with Crippen molar-refractivity contribution < 1.29 is 9.21 Å². The van der Waals surface area contributed by atoms with Crippen LogP contribution in [-0.2, 0) is 4.79 Å². The molecule has 4 rings (SSSR count). The van der Waals surface area contributed by atoms with Gasteiger partial charge in [0, 0.05) is 6.42 Å². The number of hydrazone groups is 1. The van der Waals surface area contributed by atoms with E-state index in [9.17, 15) is 4.79 Å². The van der Waals surface area contributed by atoms with E-state index in [0.717, 1.165) is 30.8 Å². The van der Waals surface area contributed by atoms with Crippen LogP contribution in [0.15, 0.2) is 54.1 Å². The zero-order valence-corrected chi connectivity index (χ0v) is 17.7. The molecule has 1 unspecified atom stereocenters. The van der Waals surface area contributed by atoms with Gasteiger partial charge in [-0.2, -0.15) is 5.10 Å². The first-order valence-corrected chi connectivity index (χ1v) is 12.0. The Morgan fingerprint density at radius 2 is 2.15 bits per heavy atom. The molecule has 3 aromatic rings. The van der Waals surface area contributed by atoms with Gasteiger partial charge in [0.15, 0.2) is 8.68 Å². The Hall–Kier alpha value is -1.62. The van der Waals surface area contributed by atoms with Gasteiger partial charge in [-0.15, -0.1) is 21.5 Å². The summed E-state index contributed by atoms with van der Waals surface area (Å²) in [5.74, 6) is 1.91. The highest BCUT2D eigenvalue weighted by molar-refractivity contribution is 8.03. The van der Waals surface area contributed by atoms with Crippen LogP contribution in [0.5, 0.6) is 0 Å². The lowest BCUT2D eigenvalue weighted by molar-refractivity contribution is -0.130. The number of thiophene rings is 1. The van der Waals surface area contributed by atoms with Crippen LogP contribution in [0.3, 0.4) is 0 Å². The van der Waals surface area contributed by atoms with Gasteiger partial charge >= 0.3 is 0 Å². The molecular formula is C17H16N4O2S4. The van der Waals surface area contributed by atoms with Gasteiger partial charge in [0.2, 0.25) is 0 Å². The molecule has 1 atom stereocenters. The Labute approximate surface area is 173 Å². The molecule has 1 amide bonds. The Balaban J connectivity index is 1.48. The topological polar surface area (TPSA) is 71.6 Å². The molecule has 27 heavy (non-hydrogen) atoms. The van der Waals surface area contributed by atoms with E-state index in [1.165, 1.54) is 23.1 Å². The van der Waals surface area contributed by atoms with Gasteiger partial charge < -0.3 is 4.42 Å². The van der Waals surface area contributed by atoms with Gasteiger partial charge in [-0.3, -0.25) is 4.79 Å². The third kappa shape index (κ3) is 4.29. The molecule has 0 N–H and O–H groups in total. The molecule has 4 heterocycles. The Bertz CT molecular complexity index is 921. The van der Waals surface area contributed by atoms with E-state index >= 15 is 0 Å². The Morgan fingerprint density at radius 1 is 1.30 bits per heavy atom. The van der Waals surface area contributed by atoms with Crippen molar-refractivity contribution in [2.45, 2.75) is 28.1 Å². The molecule has 6 nitrogen and oxygen atoms in total. The number of thioether (sulfide) groups is 2. The number of nitrogens with zero attached hydrogens (tertiary/aromatic N) is 4. The van der Waals surface area contributed by atoms with Gasteiger partial charge in [-0.1, -0.05) is 47.9 Å². The Kier molecular flexibility index (Phi) is 5.96. The van der Waals surface area contributed by atoms with E-state index in [-0.39, 0.29) is 17.7 Å². The largest absolute Gasteiger partial charge is 0.467 e. The summed E-state index contributed by atoms with van der Waals surface area (Å²) in [7, 11) is 0. The lowest BCUT2D eigenvalue weighted by Crippen LogP contribution is -2.28. The lowest BCUT2D eigenvalue weighted by Gasteiger charge is -2.19. The minimum Gasteiger partial charge on any atom is -0.467 e. The molecule has 1 aliphatic rings. The summed E-state index contributed by atoms with van der Waals surface area (Å²) < 4.78 is 7.29. The second-order valence-corrected chi connectivity index (χ2v) is 10.2. The quantitative estimate of drug-likeness (QED) is 0.497. The zero-order chi connectivity index (χ0) is 18.6. The highest BCUT2D eigenvalue weighted by Crippen LogP contribution is 2.35. The van der Waals surface area contributed by atoms with E-state index in [1.807, 2.05) is 29.6 Å². The summed E-state index contributed by atoms with van der Waals surface area (Å²) >= 11 is 6.21. The molecule has 0 fully saturated rings. The number of carbonyl (C=O) groups excluding carboxylic acids is 1. The molecule has 0 bridgehead atoms. The molecule has 0 aromatic carbocycles. The fraction of sp³-hybridized carbons (Fsp3) is 0.294. The third-order valence-corrected chi connectivity index (χ3v) is 7.79. The van der Waals surface area contributed by atoms with Crippen LogP contribution in [0.1, 0.15) is 30.0 Å². The van der Waals surface area contributed by atoms with Crippen LogP contribution >= 0.6 is 46.2 Å². The minimum atomic E-state index is -0.203. The van der Waals surface area contributed by atoms with Crippen LogP contribution in [0.4, 0.5) is 0 Å². The summed E-state index contributed by atoms with van der Waals surface area (Å²) in [6, 6.07) is 7.55. The maximum atomic E-state index is 12.9. The highest BCUT2D eigenvalue weighted by atomic mass is 32.2. The smallest absolute Gasteiger partial charge is 0.253 e. The van der Waals surface area contributed by atoms with E-state index in [4.69, 9.17) is 4.42 Å². The number of amides is 1. The maximum Gasteiger partial charge on any atom is 0.253 e. The van der Waals surface area contributed by atoms with Crippen LogP contribution in [0.2, 0.25) is 0 Å². The predicted octanol–water partition coefficient (Wildman–Crippen LogP) is 4.77. The predicted molar refractivity (Wildman–Crippen MR) is 111 cm³/mol. The second kappa shape index (κ2) is 8.59. The number of hydrogen-bond acceptors (Lipinski definition) is 9. The van der Waals surface area contributed by atoms with Gasteiger partial charge in [-0.05, 0) is 29.3 Å². The first-order chi connectivity index (χ1) is 13.2. The van der Waals surface area contributed by atoms with Crippen LogP contribution in [-0.4, -0.2) is 38.3 Å². The normalized spacial score (nSPS) is 16.7. The number of furan rings is 1. The SMILES string of the molecule is CCSc1nnc(SCC(=O)N2N=C(c3cccs3)CC2c2ccco2)s1. The number of carbonyl (C=O) groups is 1. The van der Waals surface area contributed by atoms with Crippen molar-refractivity contribution in [3.63, 3.8) is 0 Å². The van der Waals surface area contributed by atoms with Crippen molar-refractivity contribution in [3.8, 4) is 0 Å². The van der Waals surface area contributed by atoms with Crippen molar-refractivity contribution >= 4 is 57.8 Å². The number of hydrogen-bond donors (Lipinski definition) is 0. The fourth-order valence-electron chi connectivity index (χ4n) is 2.66. The first-order valence-electron chi connectivity index (χ1n) is 8.30. The van der Waals surface area contributed by atoms with E-state index in [1.54, 1.807) is 34.4 Å². The molecular weight excluding hydrogens is 420 g/mol. The maximum absolute atomic E-state index is 12.9. The average molecular weight is 437 g/mol. The summed E-state index contributed by atoms with van der Waals surface area (Å²) in [6.07, 6.45) is 2.28. The van der Waals surface area contributed by atoms with Crippen molar-refractivity contribution in [2.24, 2.45) is 5.10 Å². The molecule has 3 aromatic heterocycles. The summed E-state index contributed by atoms with van der Waals surface area (Å²) in [4.78, 5) is 14.0. The Morgan fingerprint density at radius 3 is 2.85 bits per heavy atom. The monoisotopic (exact) mass is 436 g/mol. The second-order valence-electron chi connectivity index (χ2n) is 5.55.